The van der Waals surface area contributed by atoms with Crippen molar-refractivity contribution in [1.82, 2.24) is 9.71 Å². The third-order valence-corrected chi connectivity index (χ3v) is 8.29. The monoisotopic (exact) mass is 684 g/mol. The van der Waals surface area contributed by atoms with Gasteiger partial charge in [0.1, 0.15) is 34.5 Å². The molecule has 13 heteroatoms. The number of nitrogens with zero attached hydrogens (tertiary/aromatic N) is 1. The van der Waals surface area contributed by atoms with Crippen LogP contribution in [-0.4, -0.2) is 26.9 Å². The molecule has 230 valence electrons. The van der Waals surface area contributed by atoms with Crippen molar-refractivity contribution in [2.75, 3.05) is 6.61 Å². The lowest BCUT2D eigenvalue weighted by atomic mass is 9.98. The van der Waals surface area contributed by atoms with Gasteiger partial charge >= 0.3 is 12.1 Å². The van der Waals surface area contributed by atoms with Crippen molar-refractivity contribution >= 4 is 44.2 Å². The smallest absolute Gasteiger partial charge is 0.420 e. The number of ether oxygens (including phenoxy) is 2. The summed E-state index contributed by atoms with van der Waals surface area (Å²) in [6.45, 7) is 6.78. The summed E-state index contributed by atoms with van der Waals surface area (Å²) in [5, 5.41) is -0.269. The first-order chi connectivity index (χ1) is 20.2. The van der Waals surface area contributed by atoms with Gasteiger partial charge in [-0.3, -0.25) is 9.78 Å². The normalized spacial score (nSPS) is 12.9. The van der Waals surface area contributed by atoms with E-state index in [1.807, 2.05) is 0 Å². The molecule has 0 spiro atoms. The van der Waals surface area contributed by atoms with Gasteiger partial charge in [0.05, 0.1) is 25.3 Å². The van der Waals surface area contributed by atoms with Crippen LogP contribution in [0.25, 0.3) is 22.1 Å². The summed E-state index contributed by atoms with van der Waals surface area (Å²) in [7, 11) is 0. The molecule has 0 aliphatic heterocycles. The van der Waals surface area contributed by atoms with Gasteiger partial charge in [0.2, 0.25) is 0 Å². The zero-order valence-corrected chi connectivity index (χ0v) is 26.1. The van der Waals surface area contributed by atoms with E-state index in [1.54, 1.807) is 45.9 Å². The Balaban J connectivity index is 1.74. The van der Waals surface area contributed by atoms with Crippen LogP contribution in [0.1, 0.15) is 50.1 Å². The minimum absolute atomic E-state index is 0.0475. The summed E-state index contributed by atoms with van der Waals surface area (Å²) in [4.78, 5) is 16.1. The van der Waals surface area contributed by atoms with E-state index in [2.05, 4.69) is 25.6 Å². The second-order valence-electron chi connectivity index (χ2n) is 10.5. The summed E-state index contributed by atoms with van der Waals surface area (Å²) in [6.07, 6.45) is -2.89. The molecule has 0 aliphatic carbocycles. The number of nitrogens with one attached hydrogen (secondary N) is 1. The Morgan fingerprint density at radius 1 is 1.14 bits per heavy atom. The van der Waals surface area contributed by atoms with Gasteiger partial charge in [0.15, 0.2) is 5.82 Å². The number of benzene rings is 2. The number of carbonyl (C=O) groups is 1. The van der Waals surface area contributed by atoms with Crippen LogP contribution in [-0.2, 0) is 46.6 Å². The molecule has 0 bridgehead atoms. The van der Waals surface area contributed by atoms with E-state index in [4.69, 9.17) is 13.9 Å². The number of hydrogen-bond acceptors (Lipinski definition) is 7. The van der Waals surface area contributed by atoms with Crippen LogP contribution < -0.4 is 9.46 Å². The summed E-state index contributed by atoms with van der Waals surface area (Å²) < 4.78 is 89.1. The molecule has 0 amide bonds. The number of fused-ring (bicyclic) bond motifs is 1. The van der Waals surface area contributed by atoms with Gasteiger partial charge in [-0.25, -0.2) is 4.39 Å². The van der Waals surface area contributed by atoms with Crippen molar-refractivity contribution in [2.45, 2.75) is 58.2 Å². The second kappa shape index (κ2) is 13.2. The van der Waals surface area contributed by atoms with Crippen molar-refractivity contribution in [3.63, 3.8) is 0 Å². The van der Waals surface area contributed by atoms with Crippen LogP contribution >= 0.6 is 15.9 Å². The van der Waals surface area contributed by atoms with Gasteiger partial charge in [-0.1, -0.05) is 22.0 Å². The Labute approximate surface area is 257 Å². The van der Waals surface area contributed by atoms with Crippen LogP contribution in [0.3, 0.4) is 0 Å². The van der Waals surface area contributed by atoms with Crippen molar-refractivity contribution in [2.24, 2.45) is 0 Å². The molecule has 4 rings (SSSR count). The van der Waals surface area contributed by atoms with Crippen LogP contribution in [0.2, 0.25) is 0 Å². The van der Waals surface area contributed by atoms with Crippen molar-refractivity contribution in [3.05, 3.63) is 81.5 Å². The van der Waals surface area contributed by atoms with Crippen LogP contribution in [0, 0.1) is 5.82 Å². The molecule has 2 aromatic heterocycles. The fourth-order valence-electron chi connectivity index (χ4n) is 4.21. The summed E-state index contributed by atoms with van der Waals surface area (Å²) in [5.41, 5.74) is -0.421. The van der Waals surface area contributed by atoms with E-state index in [0.29, 0.717) is 27.6 Å². The maximum Gasteiger partial charge on any atom is 0.420 e. The first-order valence-corrected chi connectivity index (χ1v) is 15.1. The number of esters is 1. The highest BCUT2D eigenvalue weighted by Crippen LogP contribution is 2.41. The Kier molecular flexibility index (Phi) is 10.1. The van der Waals surface area contributed by atoms with Crippen LogP contribution in [0.4, 0.5) is 17.6 Å². The molecule has 2 heterocycles. The lowest BCUT2D eigenvalue weighted by Crippen LogP contribution is -2.39. The third-order valence-electron chi connectivity index (χ3n) is 6.28. The van der Waals surface area contributed by atoms with Crippen molar-refractivity contribution in [3.8, 4) is 16.9 Å². The lowest BCUT2D eigenvalue weighted by Gasteiger charge is -2.23. The van der Waals surface area contributed by atoms with E-state index in [1.165, 1.54) is 24.4 Å². The predicted molar refractivity (Wildman–Crippen MR) is 158 cm³/mol. The third kappa shape index (κ3) is 7.88. The standard InChI is InChI=1S/C30H29BrF4N2O5S/c1-5-40-26(38)12-18-6-7-19(31)13-25(18)41-15-17-10-21(28-22(11-17)23(16-42-28)30(33,34)35)20-8-9-36-24(27(20)32)14-37-43(39)29(2,3)4/h6-11,13,16,37H,5,12,14-15H2,1-4H3. The summed E-state index contributed by atoms with van der Waals surface area (Å²) >= 11 is 1.85. The minimum Gasteiger partial charge on any atom is -0.598 e. The summed E-state index contributed by atoms with van der Waals surface area (Å²) in [5.74, 6) is -0.937. The highest BCUT2D eigenvalue weighted by Gasteiger charge is 2.36. The molecule has 7 nitrogen and oxygen atoms in total. The van der Waals surface area contributed by atoms with Gasteiger partial charge in [-0.15, -0.1) is 4.72 Å². The molecule has 0 saturated carbocycles. The Morgan fingerprint density at radius 2 is 1.88 bits per heavy atom. The molecule has 2 aromatic carbocycles. The molecular weight excluding hydrogens is 656 g/mol. The predicted octanol–water partition coefficient (Wildman–Crippen LogP) is 7.65. The molecule has 0 saturated heterocycles. The minimum atomic E-state index is -4.73. The fraction of sp³-hybridized carbons (Fsp3) is 0.333. The zero-order valence-electron chi connectivity index (χ0n) is 23.7. The lowest BCUT2D eigenvalue weighted by molar-refractivity contribution is -0.142. The highest BCUT2D eigenvalue weighted by molar-refractivity contribution is 9.10. The first-order valence-electron chi connectivity index (χ1n) is 13.2. The zero-order chi connectivity index (χ0) is 31.5. The Hall–Kier alpha value is -3.13. The molecule has 4 aromatic rings. The quantitative estimate of drug-likeness (QED) is 0.104. The van der Waals surface area contributed by atoms with Gasteiger partial charge in [0.25, 0.3) is 0 Å². The average Bonchev–Trinajstić information content (AvgIpc) is 3.36. The fourth-order valence-corrected chi connectivity index (χ4v) is 5.25. The van der Waals surface area contributed by atoms with E-state index in [0.717, 1.165) is 0 Å². The van der Waals surface area contributed by atoms with E-state index >= 15 is 4.39 Å². The SMILES string of the molecule is CCOC(=O)Cc1ccc(Br)cc1OCc1cc(-c2ccnc(CN[S+]([O-])C(C)(C)C)c2F)c2occ(C(F)(F)F)c2c1. The number of halogens is 5. The topological polar surface area (TPSA) is 96.7 Å². The van der Waals surface area contributed by atoms with Crippen LogP contribution in [0.5, 0.6) is 5.75 Å². The molecule has 1 unspecified atom stereocenters. The maximum absolute atomic E-state index is 15.8. The van der Waals surface area contributed by atoms with E-state index < -0.39 is 39.6 Å². The number of pyridine rings is 1. The van der Waals surface area contributed by atoms with Gasteiger partial charge in [-0.2, -0.15) is 13.2 Å². The summed E-state index contributed by atoms with van der Waals surface area (Å²) in [6, 6.07) is 9.14. The average molecular weight is 686 g/mol. The number of furan rings is 1. The number of carbonyl (C=O) groups excluding carboxylic acids is 1. The molecule has 1 atom stereocenters. The van der Waals surface area contributed by atoms with Crippen molar-refractivity contribution in [1.29, 1.82) is 0 Å². The molecule has 0 aliphatic rings. The van der Waals surface area contributed by atoms with Crippen LogP contribution in [0.15, 0.2) is 57.7 Å². The Morgan fingerprint density at radius 3 is 2.56 bits per heavy atom. The number of hydrogen-bond donors (Lipinski definition) is 1. The molecule has 43 heavy (non-hydrogen) atoms. The second-order valence-corrected chi connectivity index (χ2v) is 13.5. The molecule has 1 N–H and O–H groups in total. The Bertz CT molecular complexity index is 1620. The highest BCUT2D eigenvalue weighted by atomic mass is 79.9. The van der Waals surface area contributed by atoms with Gasteiger partial charge < -0.3 is 18.4 Å². The number of alkyl halides is 3. The molecular formula is C30H29BrF4N2O5S. The largest absolute Gasteiger partial charge is 0.598 e. The van der Waals surface area contributed by atoms with Gasteiger partial charge in [0, 0.05) is 44.1 Å². The molecule has 0 fully saturated rings. The van der Waals surface area contributed by atoms with E-state index in [-0.39, 0.29) is 54.0 Å². The molecule has 0 radical (unpaired) electrons. The number of aromatic nitrogens is 1. The van der Waals surface area contributed by atoms with E-state index in [9.17, 15) is 22.5 Å². The van der Waals surface area contributed by atoms with Crippen molar-refractivity contribution < 1.29 is 40.8 Å². The maximum atomic E-state index is 15.8. The number of rotatable bonds is 10. The first kappa shape index (κ1) is 32.8. The van der Waals surface area contributed by atoms with Gasteiger partial charge in [-0.05, 0) is 63.6 Å².